The third-order valence-electron chi connectivity index (χ3n) is 3.43. The zero-order chi connectivity index (χ0) is 15.4. The molecular weight excluding hydrogens is 298 g/mol. The van der Waals surface area contributed by atoms with E-state index in [1.54, 1.807) is 29.8 Å². The first kappa shape index (κ1) is 14.8. The van der Waals surface area contributed by atoms with E-state index in [2.05, 4.69) is 0 Å². The number of carbonyl (C=O) groups excluding carboxylic acids is 1. The van der Waals surface area contributed by atoms with E-state index in [-0.39, 0.29) is 12.5 Å². The van der Waals surface area contributed by atoms with E-state index in [1.165, 1.54) is 0 Å². The highest BCUT2D eigenvalue weighted by Gasteiger charge is 2.22. The predicted octanol–water partition coefficient (Wildman–Crippen LogP) is 3.21. The van der Waals surface area contributed by atoms with E-state index in [9.17, 15) is 4.79 Å². The van der Waals surface area contributed by atoms with Crippen molar-refractivity contribution in [3.8, 4) is 11.5 Å². The van der Waals surface area contributed by atoms with Gasteiger partial charge in [-0.05, 0) is 24.3 Å². The lowest BCUT2D eigenvalue weighted by atomic mass is 10.2. The van der Waals surface area contributed by atoms with Gasteiger partial charge in [0, 0.05) is 23.3 Å². The van der Waals surface area contributed by atoms with Crippen LogP contribution in [0.5, 0.6) is 11.5 Å². The maximum atomic E-state index is 12.4. The summed E-state index contributed by atoms with van der Waals surface area (Å²) in [4.78, 5) is 15.4. The molecule has 0 aromatic heterocycles. The number of benzene rings is 2. The molecule has 1 heterocycles. The largest absolute Gasteiger partial charge is 0.497 e. The number of fused-ring (bicyclic) bond motifs is 1. The van der Waals surface area contributed by atoms with Crippen molar-refractivity contribution < 1.29 is 14.3 Å². The topological polar surface area (TPSA) is 38.8 Å². The number of amides is 1. The number of anilines is 1. The van der Waals surface area contributed by atoms with E-state index in [0.29, 0.717) is 18.0 Å². The van der Waals surface area contributed by atoms with Crippen molar-refractivity contribution in [1.82, 2.24) is 0 Å². The number of hydrogen-bond acceptors (Lipinski definition) is 4. The zero-order valence-corrected chi connectivity index (χ0v) is 13.1. The second kappa shape index (κ2) is 6.75. The van der Waals surface area contributed by atoms with Crippen LogP contribution in [0, 0.1) is 0 Å². The molecule has 2 aromatic carbocycles. The molecule has 5 heteroatoms. The summed E-state index contributed by atoms with van der Waals surface area (Å²) in [6, 6.07) is 15.2. The lowest BCUT2D eigenvalue weighted by Crippen LogP contribution is -2.38. The number of hydrogen-bond donors (Lipinski definition) is 0. The van der Waals surface area contributed by atoms with Gasteiger partial charge in [0.2, 0.25) is 0 Å². The Kier molecular flexibility index (Phi) is 4.53. The van der Waals surface area contributed by atoms with Crippen LogP contribution in [0.4, 0.5) is 5.69 Å². The Morgan fingerprint density at radius 1 is 1.18 bits per heavy atom. The molecule has 1 amide bonds. The molecule has 1 aliphatic rings. The molecule has 0 aliphatic carbocycles. The first-order chi connectivity index (χ1) is 10.8. The van der Waals surface area contributed by atoms with Gasteiger partial charge in [-0.15, -0.1) is 11.8 Å². The molecule has 3 rings (SSSR count). The SMILES string of the molecule is COc1cccc(OCC(=O)N2CCSc3ccccc32)c1. The number of ether oxygens (including phenoxy) is 2. The number of para-hydroxylation sites is 1. The molecule has 0 unspecified atom stereocenters. The van der Waals surface area contributed by atoms with Crippen molar-refractivity contribution in [3.63, 3.8) is 0 Å². The number of rotatable bonds is 4. The Balaban J connectivity index is 1.68. The summed E-state index contributed by atoms with van der Waals surface area (Å²) in [6.45, 7) is 0.730. The Morgan fingerprint density at radius 3 is 2.86 bits per heavy atom. The molecule has 0 atom stereocenters. The van der Waals surface area contributed by atoms with Gasteiger partial charge in [-0.2, -0.15) is 0 Å². The highest BCUT2D eigenvalue weighted by atomic mass is 32.2. The Bertz CT molecular complexity index is 674. The number of methoxy groups -OCH3 is 1. The molecule has 0 spiro atoms. The second-order valence-electron chi connectivity index (χ2n) is 4.83. The monoisotopic (exact) mass is 315 g/mol. The summed E-state index contributed by atoms with van der Waals surface area (Å²) >= 11 is 1.78. The lowest BCUT2D eigenvalue weighted by Gasteiger charge is -2.28. The van der Waals surface area contributed by atoms with Crippen LogP contribution >= 0.6 is 11.8 Å². The van der Waals surface area contributed by atoms with Gasteiger partial charge in [0.1, 0.15) is 11.5 Å². The fourth-order valence-corrected chi connectivity index (χ4v) is 3.34. The molecule has 0 saturated heterocycles. The first-order valence-corrected chi connectivity index (χ1v) is 8.05. The van der Waals surface area contributed by atoms with E-state index in [4.69, 9.17) is 9.47 Å². The van der Waals surface area contributed by atoms with Crippen LogP contribution in [-0.2, 0) is 4.79 Å². The quantitative estimate of drug-likeness (QED) is 0.868. The van der Waals surface area contributed by atoms with Gasteiger partial charge in [0.05, 0.1) is 12.8 Å². The van der Waals surface area contributed by atoms with E-state index in [0.717, 1.165) is 16.3 Å². The summed E-state index contributed by atoms with van der Waals surface area (Å²) in [5.74, 6) is 2.22. The van der Waals surface area contributed by atoms with Crippen molar-refractivity contribution in [3.05, 3.63) is 48.5 Å². The number of thioether (sulfide) groups is 1. The van der Waals surface area contributed by atoms with Crippen LogP contribution in [0.25, 0.3) is 0 Å². The normalized spacial score (nSPS) is 13.4. The van der Waals surface area contributed by atoms with Crippen LogP contribution in [0.3, 0.4) is 0 Å². The van der Waals surface area contributed by atoms with Gasteiger partial charge in [0.25, 0.3) is 5.91 Å². The smallest absolute Gasteiger partial charge is 0.264 e. The van der Waals surface area contributed by atoms with Crippen molar-refractivity contribution in [2.75, 3.05) is 30.9 Å². The van der Waals surface area contributed by atoms with E-state index in [1.807, 2.05) is 42.5 Å². The molecule has 0 N–H and O–H groups in total. The maximum Gasteiger partial charge on any atom is 0.264 e. The average Bonchev–Trinajstić information content (AvgIpc) is 2.59. The molecule has 0 radical (unpaired) electrons. The van der Waals surface area contributed by atoms with Crippen LogP contribution in [0.1, 0.15) is 0 Å². The van der Waals surface area contributed by atoms with Gasteiger partial charge in [0.15, 0.2) is 6.61 Å². The number of nitrogens with zero attached hydrogens (tertiary/aromatic N) is 1. The lowest BCUT2D eigenvalue weighted by molar-refractivity contribution is -0.120. The van der Waals surface area contributed by atoms with Crippen molar-refractivity contribution in [2.45, 2.75) is 4.90 Å². The predicted molar refractivity (Wildman–Crippen MR) is 88.0 cm³/mol. The zero-order valence-electron chi connectivity index (χ0n) is 12.3. The second-order valence-corrected chi connectivity index (χ2v) is 5.97. The summed E-state index contributed by atoms with van der Waals surface area (Å²) in [5, 5.41) is 0. The van der Waals surface area contributed by atoms with Gasteiger partial charge in [-0.3, -0.25) is 4.79 Å². The van der Waals surface area contributed by atoms with Gasteiger partial charge >= 0.3 is 0 Å². The average molecular weight is 315 g/mol. The Morgan fingerprint density at radius 2 is 2.00 bits per heavy atom. The van der Waals surface area contributed by atoms with Crippen molar-refractivity contribution >= 4 is 23.4 Å². The van der Waals surface area contributed by atoms with Crippen LogP contribution in [0.15, 0.2) is 53.4 Å². The summed E-state index contributed by atoms with van der Waals surface area (Å²) < 4.78 is 10.7. The molecule has 4 nitrogen and oxygen atoms in total. The van der Waals surface area contributed by atoms with Crippen molar-refractivity contribution in [2.24, 2.45) is 0 Å². The first-order valence-electron chi connectivity index (χ1n) is 7.07. The van der Waals surface area contributed by atoms with Crippen LogP contribution in [-0.4, -0.2) is 31.9 Å². The molecule has 22 heavy (non-hydrogen) atoms. The Hall–Kier alpha value is -2.14. The number of carbonyl (C=O) groups is 1. The third kappa shape index (κ3) is 3.20. The molecule has 0 saturated carbocycles. The standard InChI is InChI=1S/C17H17NO3S/c1-20-13-5-4-6-14(11-13)21-12-17(19)18-9-10-22-16-8-3-2-7-15(16)18/h2-8,11H,9-10,12H2,1H3. The van der Waals surface area contributed by atoms with Gasteiger partial charge < -0.3 is 14.4 Å². The molecule has 0 fully saturated rings. The minimum Gasteiger partial charge on any atom is -0.497 e. The molecule has 1 aliphatic heterocycles. The summed E-state index contributed by atoms with van der Waals surface area (Å²) in [5.41, 5.74) is 0.970. The minimum atomic E-state index is -0.0319. The fraction of sp³-hybridized carbons (Fsp3) is 0.235. The highest BCUT2D eigenvalue weighted by molar-refractivity contribution is 7.99. The van der Waals surface area contributed by atoms with Crippen molar-refractivity contribution in [1.29, 1.82) is 0 Å². The Labute approximate surface area is 134 Å². The molecule has 2 aromatic rings. The van der Waals surface area contributed by atoms with Crippen LogP contribution in [0.2, 0.25) is 0 Å². The molecular formula is C17H17NO3S. The third-order valence-corrected chi connectivity index (χ3v) is 4.48. The summed E-state index contributed by atoms with van der Waals surface area (Å²) in [7, 11) is 1.60. The summed E-state index contributed by atoms with van der Waals surface area (Å²) in [6.07, 6.45) is 0. The van der Waals surface area contributed by atoms with Crippen LogP contribution < -0.4 is 14.4 Å². The van der Waals surface area contributed by atoms with E-state index >= 15 is 0 Å². The molecule has 0 bridgehead atoms. The van der Waals surface area contributed by atoms with E-state index < -0.39 is 0 Å². The highest BCUT2D eigenvalue weighted by Crippen LogP contribution is 2.34. The van der Waals surface area contributed by atoms with Gasteiger partial charge in [-0.25, -0.2) is 0 Å². The molecule has 114 valence electrons. The fourth-order valence-electron chi connectivity index (χ4n) is 2.34. The van der Waals surface area contributed by atoms with Gasteiger partial charge in [-0.1, -0.05) is 18.2 Å². The maximum absolute atomic E-state index is 12.4. The minimum absolute atomic E-state index is 0.0200.